The van der Waals surface area contributed by atoms with Crippen LogP contribution in [0.4, 0.5) is 21.5 Å². The minimum absolute atomic E-state index is 0.201. The van der Waals surface area contributed by atoms with Crippen LogP contribution in [0.15, 0.2) is 34.8 Å². The summed E-state index contributed by atoms with van der Waals surface area (Å²) in [7, 11) is 0. The third-order valence-electron chi connectivity index (χ3n) is 2.79. The summed E-state index contributed by atoms with van der Waals surface area (Å²) in [5.41, 5.74) is 9.93. The van der Waals surface area contributed by atoms with E-state index in [9.17, 15) is 4.39 Å². The van der Waals surface area contributed by atoms with Gasteiger partial charge in [-0.3, -0.25) is 0 Å². The lowest BCUT2D eigenvalue weighted by molar-refractivity contribution is 0.619. The van der Waals surface area contributed by atoms with Gasteiger partial charge >= 0.3 is 0 Å². The maximum Gasteiger partial charge on any atom is 0.126 e. The van der Waals surface area contributed by atoms with Crippen molar-refractivity contribution in [1.82, 2.24) is 0 Å². The smallest absolute Gasteiger partial charge is 0.126 e. The van der Waals surface area contributed by atoms with Crippen molar-refractivity contribution >= 4 is 33.0 Å². The van der Waals surface area contributed by atoms with E-state index in [4.69, 9.17) is 5.73 Å². The fourth-order valence-electron chi connectivity index (χ4n) is 1.67. The summed E-state index contributed by atoms with van der Waals surface area (Å²) in [5.74, 6) is -0.201. The first-order valence-electron chi connectivity index (χ1n) is 5.56. The predicted octanol–water partition coefficient (Wildman–Crippen LogP) is 4.53. The molecule has 0 unspecified atom stereocenters. The number of benzene rings is 2. The van der Waals surface area contributed by atoms with Crippen molar-refractivity contribution in [3.8, 4) is 0 Å². The highest BCUT2D eigenvalue weighted by Gasteiger charge is 2.05. The molecule has 18 heavy (non-hydrogen) atoms. The van der Waals surface area contributed by atoms with Crippen LogP contribution in [0.5, 0.6) is 0 Å². The van der Waals surface area contributed by atoms with Crippen molar-refractivity contribution < 1.29 is 4.39 Å². The van der Waals surface area contributed by atoms with Gasteiger partial charge in [-0.15, -0.1) is 0 Å². The number of nitrogens with one attached hydrogen (secondary N) is 1. The zero-order valence-corrected chi connectivity index (χ0v) is 11.8. The van der Waals surface area contributed by atoms with Gasteiger partial charge in [-0.25, -0.2) is 4.39 Å². The lowest BCUT2D eigenvalue weighted by Crippen LogP contribution is -1.96. The molecule has 3 N–H and O–H groups in total. The summed E-state index contributed by atoms with van der Waals surface area (Å²) in [6, 6.07) is 8.75. The summed E-state index contributed by atoms with van der Waals surface area (Å²) in [6.45, 7) is 3.69. The van der Waals surface area contributed by atoms with Crippen LogP contribution in [-0.4, -0.2) is 0 Å². The molecule has 4 heteroatoms. The molecule has 0 spiro atoms. The van der Waals surface area contributed by atoms with Gasteiger partial charge in [-0.2, -0.15) is 0 Å². The van der Waals surface area contributed by atoms with E-state index < -0.39 is 0 Å². The Morgan fingerprint density at radius 1 is 1.11 bits per heavy atom. The molecule has 2 aromatic rings. The Morgan fingerprint density at radius 2 is 1.83 bits per heavy atom. The van der Waals surface area contributed by atoms with E-state index in [1.54, 1.807) is 19.1 Å². The first-order valence-corrected chi connectivity index (χ1v) is 6.35. The minimum atomic E-state index is -0.201. The van der Waals surface area contributed by atoms with Crippen LogP contribution in [0.1, 0.15) is 11.1 Å². The summed E-state index contributed by atoms with van der Waals surface area (Å²) < 4.78 is 14.1. The molecule has 0 aliphatic carbocycles. The highest BCUT2D eigenvalue weighted by molar-refractivity contribution is 9.10. The lowest BCUT2D eigenvalue weighted by Gasteiger charge is -2.12. The number of halogens is 2. The Balaban J connectivity index is 2.34. The van der Waals surface area contributed by atoms with Crippen LogP contribution >= 0.6 is 15.9 Å². The van der Waals surface area contributed by atoms with Crippen molar-refractivity contribution in [2.45, 2.75) is 13.8 Å². The average molecular weight is 309 g/mol. The number of aryl methyl sites for hydroxylation is 2. The molecule has 94 valence electrons. The molecule has 0 radical (unpaired) electrons. The van der Waals surface area contributed by atoms with E-state index in [1.165, 1.54) is 6.07 Å². The van der Waals surface area contributed by atoms with E-state index in [0.29, 0.717) is 5.56 Å². The third-order valence-corrected chi connectivity index (χ3v) is 3.45. The monoisotopic (exact) mass is 308 g/mol. The molecule has 0 amide bonds. The van der Waals surface area contributed by atoms with Crippen LogP contribution in [0.3, 0.4) is 0 Å². The van der Waals surface area contributed by atoms with Gasteiger partial charge in [-0.05, 0) is 71.2 Å². The molecular formula is C14H14BrFN2. The normalized spacial score (nSPS) is 10.4. The van der Waals surface area contributed by atoms with Crippen molar-refractivity contribution in [2.24, 2.45) is 0 Å². The number of hydrogen-bond acceptors (Lipinski definition) is 2. The second-order valence-corrected chi connectivity index (χ2v) is 5.13. The average Bonchev–Trinajstić information content (AvgIpc) is 2.31. The molecule has 0 bridgehead atoms. The predicted molar refractivity (Wildman–Crippen MR) is 77.7 cm³/mol. The number of hydrogen-bond donors (Lipinski definition) is 2. The molecule has 0 saturated heterocycles. The molecular weight excluding hydrogens is 295 g/mol. The Kier molecular flexibility index (Phi) is 3.57. The summed E-state index contributed by atoms with van der Waals surface area (Å²) in [4.78, 5) is 0. The van der Waals surface area contributed by atoms with E-state index >= 15 is 0 Å². The molecule has 0 aliphatic rings. The van der Waals surface area contributed by atoms with Crippen LogP contribution in [0, 0.1) is 19.7 Å². The first-order chi connectivity index (χ1) is 8.47. The van der Waals surface area contributed by atoms with Gasteiger partial charge in [-0.1, -0.05) is 0 Å². The molecule has 2 aromatic carbocycles. The van der Waals surface area contributed by atoms with Crippen LogP contribution in [0.25, 0.3) is 0 Å². The first kappa shape index (κ1) is 12.9. The van der Waals surface area contributed by atoms with Crippen molar-refractivity contribution in [3.63, 3.8) is 0 Å². The van der Waals surface area contributed by atoms with E-state index in [-0.39, 0.29) is 5.82 Å². The number of anilines is 3. The third kappa shape index (κ3) is 2.64. The number of nitrogen functional groups attached to an aromatic ring is 1. The maximum atomic E-state index is 13.2. The zero-order chi connectivity index (χ0) is 13.3. The van der Waals surface area contributed by atoms with E-state index in [0.717, 1.165) is 27.1 Å². The molecule has 0 saturated carbocycles. The highest BCUT2D eigenvalue weighted by Crippen LogP contribution is 2.30. The van der Waals surface area contributed by atoms with Crippen LogP contribution < -0.4 is 11.1 Å². The Labute approximate surface area is 114 Å². The van der Waals surface area contributed by atoms with Crippen molar-refractivity contribution in [2.75, 3.05) is 11.1 Å². The van der Waals surface area contributed by atoms with Gasteiger partial charge in [0, 0.05) is 15.8 Å². The second kappa shape index (κ2) is 4.98. The highest BCUT2D eigenvalue weighted by atomic mass is 79.9. The summed E-state index contributed by atoms with van der Waals surface area (Å²) >= 11 is 3.46. The summed E-state index contributed by atoms with van der Waals surface area (Å²) in [5, 5.41) is 3.24. The fraction of sp³-hybridized carbons (Fsp3) is 0.143. The number of nitrogens with two attached hydrogens (primary N) is 1. The quantitative estimate of drug-likeness (QED) is 0.800. The molecule has 2 rings (SSSR count). The standard InChI is InChI=1S/C14H14BrFN2/c1-8-5-10(3-4-12(8)16)18-14-6-9(2)13(17)7-11(14)15/h3-7,18H,17H2,1-2H3. The second-order valence-electron chi connectivity index (χ2n) is 4.28. The molecule has 0 aliphatic heterocycles. The zero-order valence-electron chi connectivity index (χ0n) is 10.2. The molecule has 0 fully saturated rings. The van der Waals surface area contributed by atoms with Gasteiger partial charge in [0.05, 0.1) is 5.69 Å². The van der Waals surface area contributed by atoms with Gasteiger partial charge < -0.3 is 11.1 Å². The van der Waals surface area contributed by atoms with Gasteiger partial charge in [0.15, 0.2) is 0 Å². The molecule has 0 atom stereocenters. The molecule has 0 heterocycles. The van der Waals surface area contributed by atoms with Crippen LogP contribution in [0.2, 0.25) is 0 Å². The molecule has 0 aromatic heterocycles. The van der Waals surface area contributed by atoms with E-state index in [2.05, 4.69) is 21.2 Å². The Bertz CT molecular complexity index is 597. The molecule has 2 nitrogen and oxygen atoms in total. The van der Waals surface area contributed by atoms with Gasteiger partial charge in [0.25, 0.3) is 0 Å². The maximum absolute atomic E-state index is 13.2. The fourth-order valence-corrected chi connectivity index (χ4v) is 2.13. The Morgan fingerprint density at radius 3 is 2.50 bits per heavy atom. The summed E-state index contributed by atoms with van der Waals surface area (Å²) in [6.07, 6.45) is 0. The van der Waals surface area contributed by atoms with Crippen molar-refractivity contribution in [1.29, 1.82) is 0 Å². The largest absolute Gasteiger partial charge is 0.398 e. The minimum Gasteiger partial charge on any atom is -0.398 e. The number of rotatable bonds is 2. The Hall–Kier alpha value is -1.55. The topological polar surface area (TPSA) is 38.0 Å². The van der Waals surface area contributed by atoms with Gasteiger partial charge in [0.2, 0.25) is 0 Å². The van der Waals surface area contributed by atoms with Crippen LogP contribution in [-0.2, 0) is 0 Å². The van der Waals surface area contributed by atoms with Gasteiger partial charge in [0.1, 0.15) is 5.82 Å². The van der Waals surface area contributed by atoms with Crippen molar-refractivity contribution in [3.05, 3.63) is 51.7 Å². The SMILES string of the molecule is Cc1cc(Nc2ccc(F)c(C)c2)c(Br)cc1N. The lowest BCUT2D eigenvalue weighted by atomic mass is 10.1. The van der Waals surface area contributed by atoms with E-state index in [1.807, 2.05) is 19.1 Å².